The number of nitrogens with one attached hydrogen (secondary N) is 2. The van der Waals surface area contributed by atoms with Crippen LogP contribution in [-0.4, -0.2) is 42.0 Å². The molecule has 24 heavy (non-hydrogen) atoms. The number of nitro benzene ring substituents is 1. The van der Waals surface area contributed by atoms with Gasteiger partial charge in [-0.2, -0.15) is 0 Å². The van der Waals surface area contributed by atoms with Crippen molar-refractivity contribution < 1.29 is 14.7 Å². The van der Waals surface area contributed by atoms with Gasteiger partial charge in [-0.1, -0.05) is 12.1 Å². The fraction of sp³-hybridized carbons (Fsp3) is 0.250. The van der Waals surface area contributed by atoms with E-state index in [1.165, 1.54) is 12.1 Å². The van der Waals surface area contributed by atoms with Crippen molar-refractivity contribution in [2.24, 2.45) is 0 Å². The summed E-state index contributed by atoms with van der Waals surface area (Å²) in [5.74, 6) is 1.02. The number of rotatable bonds is 3. The van der Waals surface area contributed by atoms with E-state index < -0.39 is 4.92 Å². The lowest BCUT2D eigenvalue weighted by Gasteiger charge is -2.30. The van der Waals surface area contributed by atoms with E-state index in [1.807, 2.05) is 24.4 Å². The monoisotopic (exact) mass is 328 g/mol. The fourth-order valence-corrected chi connectivity index (χ4v) is 2.63. The zero-order chi connectivity index (χ0) is 16.9. The van der Waals surface area contributed by atoms with Crippen molar-refractivity contribution >= 4 is 23.2 Å². The number of aromatic nitrogens is 1. The molecular formula is C16H18N5O3+. The van der Waals surface area contributed by atoms with Crippen LogP contribution in [0.4, 0.5) is 22.0 Å². The lowest BCUT2D eigenvalue weighted by atomic mass is 10.3. The Balaban J connectivity index is 1.57. The number of urea groups is 1. The molecular weight excluding hydrogens is 310 g/mol. The molecule has 1 fully saturated rings. The Morgan fingerprint density at radius 1 is 1.12 bits per heavy atom. The number of pyridine rings is 1. The SMILES string of the molecule is O=C(Nc1cccc([N+](=O)[O-])c1)N1CCN(c2cccc[nH+]2)CC1. The Kier molecular flexibility index (Phi) is 4.55. The topological polar surface area (TPSA) is 92.9 Å². The first-order valence-electron chi connectivity index (χ1n) is 7.65. The minimum absolute atomic E-state index is 0.0442. The molecule has 0 bridgehead atoms. The predicted molar refractivity (Wildman–Crippen MR) is 88.9 cm³/mol. The molecule has 2 N–H and O–H groups in total. The van der Waals surface area contributed by atoms with E-state index in [2.05, 4.69) is 15.2 Å². The highest BCUT2D eigenvalue weighted by Crippen LogP contribution is 2.18. The fourth-order valence-electron chi connectivity index (χ4n) is 2.63. The van der Waals surface area contributed by atoms with E-state index in [9.17, 15) is 14.9 Å². The van der Waals surface area contributed by atoms with Crippen LogP contribution in [-0.2, 0) is 0 Å². The maximum atomic E-state index is 12.3. The summed E-state index contributed by atoms with van der Waals surface area (Å²) in [6.07, 6.45) is 1.87. The van der Waals surface area contributed by atoms with Crippen LogP contribution in [0, 0.1) is 10.1 Å². The number of carbonyl (C=O) groups is 1. The van der Waals surface area contributed by atoms with Crippen molar-refractivity contribution in [3.8, 4) is 0 Å². The van der Waals surface area contributed by atoms with Gasteiger partial charge in [0, 0.05) is 23.9 Å². The zero-order valence-electron chi connectivity index (χ0n) is 13.0. The number of hydrogen-bond donors (Lipinski definition) is 1. The van der Waals surface area contributed by atoms with Crippen molar-refractivity contribution in [2.75, 3.05) is 36.4 Å². The number of piperazine rings is 1. The molecule has 8 heteroatoms. The Bertz CT molecular complexity index is 730. The maximum absolute atomic E-state index is 12.3. The number of carbonyl (C=O) groups excluding carboxylic acids is 1. The summed E-state index contributed by atoms with van der Waals surface area (Å²) in [5, 5.41) is 13.5. The third-order valence-electron chi connectivity index (χ3n) is 3.91. The molecule has 8 nitrogen and oxygen atoms in total. The quantitative estimate of drug-likeness (QED) is 0.686. The second-order valence-electron chi connectivity index (χ2n) is 5.46. The summed E-state index contributed by atoms with van der Waals surface area (Å²) < 4.78 is 0. The number of nitrogens with zero attached hydrogens (tertiary/aromatic N) is 3. The molecule has 0 atom stereocenters. The molecule has 3 rings (SSSR count). The van der Waals surface area contributed by atoms with E-state index in [4.69, 9.17) is 0 Å². The van der Waals surface area contributed by atoms with E-state index in [-0.39, 0.29) is 11.7 Å². The van der Waals surface area contributed by atoms with Gasteiger partial charge in [-0.05, 0) is 12.1 Å². The molecule has 124 valence electrons. The predicted octanol–water partition coefficient (Wildman–Crippen LogP) is 1.76. The van der Waals surface area contributed by atoms with E-state index >= 15 is 0 Å². The summed E-state index contributed by atoms with van der Waals surface area (Å²) >= 11 is 0. The highest BCUT2D eigenvalue weighted by Gasteiger charge is 2.26. The number of benzene rings is 1. The number of amides is 2. The van der Waals surface area contributed by atoms with E-state index in [1.54, 1.807) is 17.0 Å². The highest BCUT2D eigenvalue weighted by molar-refractivity contribution is 5.89. The smallest absolute Gasteiger partial charge is 0.317 e. The molecule has 0 radical (unpaired) electrons. The van der Waals surface area contributed by atoms with Crippen molar-refractivity contribution in [1.29, 1.82) is 0 Å². The molecule has 2 aromatic rings. The number of aromatic amines is 1. The van der Waals surface area contributed by atoms with Crippen LogP contribution in [0.15, 0.2) is 48.7 Å². The van der Waals surface area contributed by atoms with Gasteiger partial charge in [-0.15, -0.1) is 0 Å². The Labute approximate surface area is 138 Å². The van der Waals surface area contributed by atoms with Crippen LogP contribution < -0.4 is 15.2 Å². The highest BCUT2D eigenvalue weighted by atomic mass is 16.6. The molecule has 1 saturated heterocycles. The number of nitro groups is 1. The average molecular weight is 328 g/mol. The Morgan fingerprint density at radius 3 is 2.58 bits per heavy atom. The molecule has 0 spiro atoms. The lowest BCUT2D eigenvalue weighted by Crippen LogP contribution is -2.51. The number of H-pyrrole nitrogens is 1. The molecule has 1 aliphatic rings. The lowest BCUT2D eigenvalue weighted by molar-refractivity contribution is -0.384. The number of non-ortho nitro benzene ring substituents is 1. The van der Waals surface area contributed by atoms with Crippen molar-refractivity contribution in [3.05, 3.63) is 58.8 Å². The Morgan fingerprint density at radius 2 is 1.92 bits per heavy atom. The molecule has 1 aliphatic heterocycles. The summed E-state index contributed by atoms with van der Waals surface area (Å²) in [7, 11) is 0. The first kappa shape index (κ1) is 15.7. The van der Waals surface area contributed by atoms with Crippen LogP contribution in [0.3, 0.4) is 0 Å². The molecule has 1 aromatic carbocycles. The Hall–Kier alpha value is -3.16. The van der Waals surface area contributed by atoms with Gasteiger partial charge in [-0.3, -0.25) is 15.0 Å². The summed E-state index contributed by atoms with van der Waals surface area (Å²) in [4.78, 5) is 29.7. The summed E-state index contributed by atoms with van der Waals surface area (Å²) in [5.41, 5.74) is 0.380. The first-order chi connectivity index (χ1) is 11.6. The normalized spacial score (nSPS) is 14.3. The zero-order valence-corrected chi connectivity index (χ0v) is 13.0. The first-order valence-corrected chi connectivity index (χ1v) is 7.65. The third-order valence-corrected chi connectivity index (χ3v) is 3.91. The largest absolute Gasteiger partial charge is 0.322 e. The van der Waals surface area contributed by atoms with Crippen LogP contribution in [0.5, 0.6) is 0 Å². The van der Waals surface area contributed by atoms with Crippen molar-refractivity contribution in [3.63, 3.8) is 0 Å². The van der Waals surface area contributed by atoms with Gasteiger partial charge in [0.25, 0.3) is 11.5 Å². The van der Waals surface area contributed by atoms with Crippen LogP contribution in [0.25, 0.3) is 0 Å². The van der Waals surface area contributed by atoms with E-state index in [0.29, 0.717) is 18.8 Å². The third kappa shape index (κ3) is 3.60. The second-order valence-corrected chi connectivity index (χ2v) is 5.46. The number of anilines is 2. The standard InChI is InChI=1S/C16H17N5O3/c22-16(18-13-4-3-5-14(12-13)21(23)24)20-10-8-19(9-11-20)15-6-1-2-7-17-15/h1-7,12H,8-11H2,(H,18,22)/p+1. The summed E-state index contributed by atoms with van der Waals surface area (Å²) in [6, 6.07) is 11.6. The maximum Gasteiger partial charge on any atom is 0.322 e. The van der Waals surface area contributed by atoms with Crippen LogP contribution in [0.1, 0.15) is 0 Å². The summed E-state index contributed by atoms with van der Waals surface area (Å²) in [6.45, 7) is 2.62. The van der Waals surface area contributed by atoms with Crippen molar-refractivity contribution in [1.82, 2.24) is 4.90 Å². The van der Waals surface area contributed by atoms with Crippen LogP contribution >= 0.6 is 0 Å². The second kappa shape index (κ2) is 6.95. The molecule has 2 heterocycles. The van der Waals surface area contributed by atoms with Gasteiger partial charge >= 0.3 is 6.03 Å². The molecule has 0 aliphatic carbocycles. The average Bonchev–Trinajstić information content (AvgIpc) is 2.63. The van der Waals surface area contributed by atoms with E-state index in [0.717, 1.165) is 18.9 Å². The van der Waals surface area contributed by atoms with Gasteiger partial charge in [0.2, 0.25) is 0 Å². The molecule has 0 saturated carbocycles. The molecule has 0 unspecified atom stereocenters. The van der Waals surface area contributed by atoms with Crippen LogP contribution in [0.2, 0.25) is 0 Å². The minimum atomic E-state index is -0.481. The van der Waals surface area contributed by atoms with Gasteiger partial charge in [0.05, 0.1) is 24.2 Å². The van der Waals surface area contributed by atoms with Gasteiger partial charge in [-0.25, -0.2) is 9.78 Å². The molecule has 2 amide bonds. The van der Waals surface area contributed by atoms with Gasteiger partial charge in [0.15, 0.2) is 0 Å². The van der Waals surface area contributed by atoms with Crippen molar-refractivity contribution in [2.45, 2.75) is 0 Å². The van der Waals surface area contributed by atoms with Gasteiger partial charge < -0.3 is 10.2 Å². The minimum Gasteiger partial charge on any atom is -0.317 e. The van der Waals surface area contributed by atoms with Gasteiger partial charge in [0.1, 0.15) is 13.1 Å². The number of hydrogen-bond acceptors (Lipinski definition) is 4. The molecule has 1 aromatic heterocycles.